The Balaban J connectivity index is 1.94. The Bertz CT molecular complexity index is 628. The summed E-state index contributed by atoms with van der Waals surface area (Å²) < 4.78 is 18.5. The van der Waals surface area contributed by atoms with Crippen molar-refractivity contribution in [1.82, 2.24) is 0 Å². The van der Waals surface area contributed by atoms with Crippen LogP contribution in [0.5, 0.6) is 5.75 Å². The second-order valence-electron chi connectivity index (χ2n) is 4.54. The molecule has 0 radical (unpaired) electrons. The molecule has 4 heteroatoms. The van der Waals surface area contributed by atoms with Gasteiger partial charge in [-0.2, -0.15) is 0 Å². The van der Waals surface area contributed by atoms with Crippen LogP contribution in [-0.4, -0.2) is 11.7 Å². The Kier molecular flexibility index (Phi) is 3.17. The Labute approximate surface area is 115 Å². The van der Waals surface area contributed by atoms with E-state index < -0.39 is 11.9 Å². The van der Waals surface area contributed by atoms with Crippen molar-refractivity contribution in [3.05, 3.63) is 63.9 Å². The van der Waals surface area contributed by atoms with E-state index in [-0.39, 0.29) is 5.02 Å². The third-order valence-electron chi connectivity index (χ3n) is 3.29. The highest BCUT2D eigenvalue weighted by atomic mass is 35.5. The van der Waals surface area contributed by atoms with E-state index in [2.05, 4.69) is 0 Å². The van der Waals surface area contributed by atoms with Gasteiger partial charge in [0.1, 0.15) is 17.7 Å². The van der Waals surface area contributed by atoms with E-state index in [0.29, 0.717) is 12.2 Å². The molecule has 1 atom stereocenters. The highest BCUT2D eigenvalue weighted by Gasteiger charge is 2.17. The fourth-order valence-electron chi connectivity index (χ4n) is 2.25. The molecule has 0 bridgehead atoms. The molecule has 3 rings (SSSR count). The van der Waals surface area contributed by atoms with Gasteiger partial charge in [-0.25, -0.2) is 4.39 Å². The molecule has 1 heterocycles. The maximum atomic E-state index is 13.1. The molecule has 2 aromatic rings. The van der Waals surface area contributed by atoms with Crippen LogP contribution in [0, 0.1) is 5.82 Å². The number of benzene rings is 2. The summed E-state index contributed by atoms with van der Waals surface area (Å²) in [5.41, 5.74) is 2.42. The van der Waals surface area contributed by atoms with Gasteiger partial charge in [0.25, 0.3) is 0 Å². The van der Waals surface area contributed by atoms with Gasteiger partial charge in [-0.3, -0.25) is 0 Å². The van der Waals surface area contributed by atoms with Crippen LogP contribution < -0.4 is 4.74 Å². The van der Waals surface area contributed by atoms with Gasteiger partial charge in [-0.05, 0) is 41.0 Å². The minimum absolute atomic E-state index is 0.0149. The molecule has 0 saturated carbocycles. The smallest absolute Gasteiger partial charge is 0.141 e. The molecule has 0 spiro atoms. The lowest BCUT2D eigenvalue weighted by atomic mass is 9.99. The van der Waals surface area contributed by atoms with Crippen molar-refractivity contribution in [1.29, 1.82) is 0 Å². The normalized spacial score (nSPS) is 14.9. The zero-order valence-corrected chi connectivity index (χ0v) is 10.8. The lowest BCUT2D eigenvalue weighted by Crippen LogP contribution is -2.00. The van der Waals surface area contributed by atoms with Gasteiger partial charge in [0.2, 0.25) is 0 Å². The third-order valence-corrected chi connectivity index (χ3v) is 3.58. The number of aliphatic hydroxyl groups excluding tert-OH is 1. The zero-order chi connectivity index (χ0) is 13.4. The first-order valence-corrected chi connectivity index (χ1v) is 6.41. The molecule has 0 amide bonds. The van der Waals surface area contributed by atoms with Gasteiger partial charge in [-0.15, -0.1) is 0 Å². The second kappa shape index (κ2) is 4.83. The summed E-state index contributed by atoms with van der Waals surface area (Å²) >= 11 is 5.73. The predicted molar refractivity (Wildman–Crippen MR) is 71.1 cm³/mol. The van der Waals surface area contributed by atoms with Gasteiger partial charge in [0.15, 0.2) is 0 Å². The summed E-state index contributed by atoms with van der Waals surface area (Å²) in [6.45, 7) is 0.678. The standard InChI is InChI=1S/C15H12ClFO2/c16-12-8-11(1-3-13(12)17)15(18)10-2-4-14-9(7-10)5-6-19-14/h1-4,7-8,15,18H,5-6H2. The van der Waals surface area contributed by atoms with E-state index in [0.717, 1.165) is 23.3 Å². The summed E-state index contributed by atoms with van der Waals surface area (Å²) in [5.74, 6) is 0.382. The minimum Gasteiger partial charge on any atom is -0.493 e. The Morgan fingerprint density at radius 2 is 1.89 bits per heavy atom. The van der Waals surface area contributed by atoms with E-state index >= 15 is 0 Å². The molecule has 0 fully saturated rings. The molecule has 19 heavy (non-hydrogen) atoms. The van der Waals surface area contributed by atoms with Crippen LogP contribution in [0.25, 0.3) is 0 Å². The van der Waals surface area contributed by atoms with E-state index in [4.69, 9.17) is 16.3 Å². The summed E-state index contributed by atoms with van der Waals surface area (Å²) in [4.78, 5) is 0. The van der Waals surface area contributed by atoms with Gasteiger partial charge < -0.3 is 9.84 Å². The summed E-state index contributed by atoms with van der Waals surface area (Å²) in [6, 6.07) is 9.83. The molecule has 98 valence electrons. The van der Waals surface area contributed by atoms with Crippen LogP contribution in [0.15, 0.2) is 36.4 Å². The van der Waals surface area contributed by atoms with Crippen molar-refractivity contribution in [3.63, 3.8) is 0 Å². The quantitative estimate of drug-likeness (QED) is 0.911. The Morgan fingerprint density at radius 1 is 1.16 bits per heavy atom. The van der Waals surface area contributed by atoms with Crippen molar-refractivity contribution < 1.29 is 14.2 Å². The topological polar surface area (TPSA) is 29.5 Å². The zero-order valence-electron chi connectivity index (χ0n) is 10.1. The van der Waals surface area contributed by atoms with Crippen LogP contribution >= 0.6 is 11.6 Å². The molecule has 1 aliphatic rings. The molecular formula is C15H12ClFO2. The monoisotopic (exact) mass is 278 g/mol. The van der Waals surface area contributed by atoms with Crippen molar-refractivity contribution in [2.75, 3.05) is 6.61 Å². The van der Waals surface area contributed by atoms with Gasteiger partial charge >= 0.3 is 0 Å². The molecule has 2 nitrogen and oxygen atoms in total. The summed E-state index contributed by atoms with van der Waals surface area (Å²) in [6.07, 6.45) is 0.0315. The minimum atomic E-state index is -0.816. The van der Waals surface area contributed by atoms with Crippen molar-refractivity contribution >= 4 is 11.6 Å². The average Bonchev–Trinajstić information content (AvgIpc) is 2.88. The van der Waals surface area contributed by atoms with Gasteiger partial charge in [0, 0.05) is 6.42 Å². The number of ether oxygens (including phenoxy) is 1. The van der Waals surface area contributed by atoms with Crippen LogP contribution in [0.3, 0.4) is 0 Å². The predicted octanol–water partition coefficient (Wildman–Crippen LogP) is 3.50. The first-order valence-electron chi connectivity index (χ1n) is 6.04. The maximum Gasteiger partial charge on any atom is 0.141 e. The van der Waals surface area contributed by atoms with Crippen LogP contribution in [0.4, 0.5) is 4.39 Å². The van der Waals surface area contributed by atoms with Crippen molar-refractivity contribution in [2.45, 2.75) is 12.5 Å². The maximum absolute atomic E-state index is 13.1. The number of fused-ring (bicyclic) bond motifs is 1. The number of hydrogen-bond donors (Lipinski definition) is 1. The van der Waals surface area contributed by atoms with E-state index in [1.165, 1.54) is 18.2 Å². The van der Waals surface area contributed by atoms with Gasteiger partial charge in [-0.1, -0.05) is 23.7 Å². The molecule has 0 aromatic heterocycles. The average molecular weight is 279 g/mol. The Morgan fingerprint density at radius 3 is 2.68 bits per heavy atom. The van der Waals surface area contributed by atoms with E-state index in [9.17, 15) is 9.50 Å². The van der Waals surface area contributed by atoms with Gasteiger partial charge in [0.05, 0.1) is 11.6 Å². The fourth-order valence-corrected chi connectivity index (χ4v) is 2.44. The molecule has 1 N–H and O–H groups in total. The number of rotatable bonds is 2. The molecule has 0 aliphatic carbocycles. The largest absolute Gasteiger partial charge is 0.493 e. The molecular weight excluding hydrogens is 267 g/mol. The first-order chi connectivity index (χ1) is 9.15. The fraction of sp³-hybridized carbons (Fsp3) is 0.200. The van der Waals surface area contributed by atoms with E-state index in [1.54, 1.807) is 0 Å². The van der Waals surface area contributed by atoms with Crippen molar-refractivity contribution in [2.24, 2.45) is 0 Å². The van der Waals surface area contributed by atoms with E-state index in [1.807, 2.05) is 18.2 Å². The Hall–Kier alpha value is -1.58. The number of aliphatic hydroxyl groups is 1. The molecule has 0 saturated heterocycles. The second-order valence-corrected chi connectivity index (χ2v) is 4.95. The molecule has 2 aromatic carbocycles. The number of halogens is 2. The third kappa shape index (κ3) is 2.31. The summed E-state index contributed by atoms with van der Waals surface area (Å²) in [7, 11) is 0. The summed E-state index contributed by atoms with van der Waals surface area (Å²) in [5, 5.41) is 10.3. The highest BCUT2D eigenvalue weighted by Crippen LogP contribution is 2.31. The van der Waals surface area contributed by atoms with Crippen LogP contribution in [-0.2, 0) is 6.42 Å². The van der Waals surface area contributed by atoms with Crippen LogP contribution in [0.1, 0.15) is 22.8 Å². The molecule has 1 unspecified atom stereocenters. The van der Waals surface area contributed by atoms with Crippen LogP contribution in [0.2, 0.25) is 5.02 Å². The SMILES string of the molecule is OC(c1ccc(F)c(Cl)c1)c1ccc2c(c1)CCO2. The first kappa shape index (κ1) is 12.5. The lowest BCUT2D eigenvalue weighted by molar-refractivity contribution is 0.220. The highest BCUT2D eigenvalue weighted by molar-refractivity contribution is 6.30. The number of hydrogen-bond acceptors (Lipinski definition) is 2. The molecule has 1 aliphatic heterocycles. The van der Waals surface area contributed by atoms with Crippen molar-refractivity contribution in [3.8, 4) is 5.75 Å². The lowest BCUT2D eigenvalue weighted by Gasteiger charge is -2.13.